The summed E-state index contributed by atoms with van der Waals surface area (Å²) < 4.78 is 18.9. The number of hydrogen-bond acceptors (Lipinski definition) is 2. The molecule has 1 aliphatic rings. The Morgan fingerprint density at radius 1 is 1.40 bits per heavy atom. The van der Waals surface area contributed by atoms with Gasteiger partial charge in [-0.2, -0.15) is 5.26 Å². The Hall–Kier alpha value is -1.82. The number of benzene rings is 1. The van der Waals surface area contributed by atoms with Crippen molar-refractivity contribution in [2.45, 2.75) is 19.4 Å². The number of nitriles is 1. The van der Waals surface area contributed by atoms with Crippen LogP contribution in [0.2, 0.25) is 0 Å². The van der Waals surface area contributed by atoms with Gasteiger partial charge in [0.15, 0.2) is 0 Å². The maximum Gasteiger partial charge on any atom is 0.148 e. The molecule has 0 N–H and O–H groups in total. The van der Waals surface area contributed by atoms with Gasteiger partial charge in [0.2, 0.25) is 0 Å². The second-order valence-corrected chi connectivity index (χ2v) is 3.99. The van der Waals surface area contributed by atoms with Gasteiger partial charge in [0.25, 0.3) is 0 Å². The van der Waals surface area contributed by atoms with Gasteiger partial charge < -0.3 is 4.74 Å². The first kappa shape index (κ1) is 9.72. The Morgan fingerprint density at radius 2 is 2.13 bits per heavy atom. The van der Waals surface area contributed by atoms with Gasteiger partial charge in [0.1, 0.15) is 28.8 Å². The molecule has 0 bridgehead atoms. The highest BCUT2D eigenvalue weighted by atomic mass is 19.1. The molecule has 1 aromatic carbocycles. The van der Waals surface area contributed by atoms with Crippen LogP contribution in [-0.4, -0.2) is 5.60 Å². The second-order valence-electron chi connectivity index (χ2n) is 3.99. The predicted octanol–water partition coefficient (Wildman–Crippen LogP) is 2.88. The van der Waals surface area contributed by atoms with Gasteiger partial charge in [-0.15, -0.1) is 0 Å². The number of rotatable bonds is 0. The van der Waals surface area contributed by atoms with Crippen LogP contribution in [0.1, 0.15) is 25.0 Å². The van der Waals surface area contributed by atoms with Gasteiger partial charge >= 0.3 is 0 Å². The second kappa shape index (κ2) is 3.09. The number of hydrogen-bond donors (Lipinski definition) is 0. The third-order valence-electron chi connectivity index (χ3n) is 2.28. The molecule has 0 amide bonds. The smallest absolute Gasteiger partial charge is 0.148 e. The van der Waals surface area contributed by atoms with Crippen LogP contribution in [0.25, 0.3) is 6.08 Å². The average Bonchev–Trinajstić information content (AvgIpc) is 2.16. The maximum atomic E-state index is 13.3. The van der Waals surface area contributed by atoms with Crippen LogP contribution >= 0.6 is 0 Å². The molecular formula is C12H10FNO. The molecule has 2 rings (SSSR count). The van der Waals surface area contributed by atoms with Gasteiger partial charge in [-0.05, 0) is 32.1 Å². The zero-order chi connectivity index (χ0) is 11.1. The van der Waals surface area contributed by atoms with E-state index >= 15 is 0 Å². The lowest BCUT2D eigenvalue weighted by molar-refractivity contribution is 0.158. The molecule has 76 valence electrons. The van der Waals surface area contributed by atoms with E-state index < -0.39 is 11.4 Å². The van der Waals surface area contributed by atoms with Crippen LogP contribution in [0.15, 0.2) is 18.2 Å². The Balaban J connectivity index is 2.64. The molecule has 1 aromatic rings. The summed E-state index contributed by atoms with van der Waals surface area (Å²) in [5.41, 5.74) is 0.226. The molecule has 0 fully saturated rings. The fourth-order valence-corrected chi connectivity index (χ4v) is 1.51. The highest BCUT2D eigenvalue weighted by molar-refractivity contribution is 5.65. The van der Waals surface area contributed by atoms with Crippen LogP contribution < -0.4 is 4.74 Å². The summed E-state index contributed by atoms with van der Waals surface area (Å²) in [6.07, 6.45) is 3.73. The van der Waals surface area contributed by atoms with Crippen molar-refractivity contribution in [3.05, 3.63) is 35.2 Å². The third-order valence-corrected chi connectivity index (χ3v) is 2.28. The van der Waals surface area contributed by atoms with Crippen molar-refractivity contribution < 1.29 is 9.13 Å². The first-order valence-corrected chi connectivity index (χ1v) is 4.64. The topological polar surface area (TPSA) is 33.0 Å². The lowest BCUT2D eigenvalue weighted by atomic mass is 10.00. The lowest BCUT2D eigenvalue weighted by Crippen LogP contribution is -2.28. The van der Waals surface area contributed by atoms with E-state index in [1.165, 1.54) is 6.07 Å². The summed E-state index contributed by atoms with van der Waals surface area (Å²) in [6.45, 7) is 3.72. The van der Waals surface area contributed by atoms with Crippen LogP contribution in [-0.2, 0) is 0 Å². The first-order valence-electron chi connectivity index (χ1n) is 4.64. The Bertz CT molecular complexity index is 483. The van der Waals surface area contributed by atoms with E-state index in [9.17, 15) is 4.39 Å². The number of halogens is 1. The minimum atomic E-state index is -0.539. The molecule has 0 saturated carbocycles. The standard InChI is InChI=1S/C12H10FNO/c1-12(2)6-5-8-3-4-10(13)9(7-14)11(8)15-12/h3-6H,1-2H3. The highest BCUT2D eigenvalue weighted by Gasteiger charge is 2.25. The van der Waals surface area contributed by atoms with Gasteiger partial charge in [-0.1, -0.05) is 6.08 Å². The van der Waals surface area contributed by atoms with E-state index in [-0.39, 0.29) is 5.56 Å². The van der Waals surface area contributed by atoms with E-state index in [1.807, 2.05) is 32.1 Å². The van der Waals surface area contributed by atoms with Crippen molar-refractivity contribution in [3.8, 4) is 11.8 Å². The minimum absolute atomic E-state index is 0.0232. The molecule has 3 heteroatoms. The normalized spacial score (nSPS) is 16.4. The molecule has 0 spiro atoms. The molecule has 1 aliphatic heterocycles. The van der Waals surface area contributed by atoms with Crippen molar-refractivity contribution in [1.29, 1.82) is 5.26 Å². The van der Waals surface area contributed by atoms with Crippen molar-refractivity contribution in [2.24, 2.45) is 0 Å². The first-order chi connectivity index (χ1) is 7.03. The fraction of sp³-hybridized carbons (Fsp3) is 0.250. The van der Waals surface area contributed by atoms with Crippen LogP contribution in [0.4, 0.5) is 4.39 Å². The van der Waals surface area contributed by atoms with Crippen molar-refractivity contribution >= 4 is 6.08 Å². The summed E-state index contributed by atoms with van der Waals surface area (Å²) in [7, 11) is 0. The van der Waals surface area contributed by atoms with E-state index in [2.05, 4.69) is 0 Å². The predicted molar refractivity (Wildman–Crippen MR) is 54.9 cm³/mol. The molecule has 0 atom stereocenters. The number of ether oxygens (including phenoxy) is 1. The molecule has 0 saturated heterocycles. The molecule has 0 aliphatic carbocycles. The van der Waals surface area contributed by atoms with Gasteiger partial charge in [-0.25, -0.2) is 4.39 Å². The fourth-order valence-electron chi connectivity index (χ4n) is 1.51. The Kier molecular flexibility index (Phi) is 2.01. The highest BCUT2D eigenvalue weighted by Crippen LogP contribution is 2.34. The molecule has 0 unspecified atom stereocenters. The summed E-state index contributed by atoms with van der Waals surface area (Å²) >= 11 is 0. The van der Waals surface area contributed by atoms with Crippen molar-refractivity contribution in [1.82, 2.24) is 0 Å². The van der Waals surface area contributed by atoms with E-state index in [1.54, 1.807) is 6.07 Å². The zero-order valence-corrected chi connectivity index (χ0v) is 8.54. The molecular weight excluding hydrogens is 193 g/mol. The zero-order valence-electron chi connectivity index (χ0n) is 8.54. The van der Waals surface area contributed by atoms with Crippen molar-refractivity contribution in [3.63, 3.8) is 0 Å². The van der Waals surface area contributed by atoms with Gasteiger partial charge in [-0.3, -0.25) is 0 Å². The van der Waals surface area contributed by atoms with Crippen molar-refractivity contribution in [2.75, 3.05) is 0 Å². The molecule has 1 heterocycles. The summed E-state index contributed by atoms with van der Waals surface area (Å²) in [6, 6.07) is 4.72. The number of nitrogens with zero attached hydrogens (tertiary/aromatic N) is 1. The monoisotopic (exact) mass is 203 g/mol. The third kappa shape index (κ3) is 1.59. The average molecular weight is 203 g/mol. The maximum absolute atomic E-state index is 13.3. The Morgan fingerprint density at radius 3 is 2.80 bits per heavy atom. The van der Waals surface area contributed by atoms with Gasteiger partial charge in [0.05, 0.1) is 0 Å². The SMILES string of the molecule is CC1(C)C=Cc2ccc(F)c(C#N)c2O1. The van der Waals surface area contributed by atoms with Crippen LogP contribution in [0.5, 0.6) is 5.75 Å². The van der Waals surface area contributed by atoms with Crippen LogP contribution in [0, 0.1) is 17.1 Å². The quantitative estimate of drug-likeness (QED) is 0.649. The molecule has 2 nitrogen and oxygen atoms in total. The largest absolute Gasteiger partial charge is 0.482 e. The Labute approximate surface area is 87.6 Å². The van der Waals surface area contributed by atoms with E-state index in [0.717, 1.165) is 5.56 Å². The van der Waals surface area contributed by atoms with E-state index in [0.29, 0.717) is 5.75 Å². The number of fused-ring (bicyclic) bond motifs is 1. The minimum Gasteiger partial charge on any atom is -0.482 e. The summed E-state index contributed by atoms with van der Waals surface area (Å²) in [4.78, 5) is 0. The lowest BCUT2D eigenvalue weighted by Gasteiger charge is -2.28. The molecule has 0 aromatic heterocycles. The van der Waals surface area contributed by atoms with E-state index in [4.69, 9.17) is 10.00 Å². The van der Waals surface area contributed by atoms with Crippen LogP contribution in [0.3, 0.4) is 0 Å². The molecule has 15 heavy (non-hydrogen) atoms. The molecule has 0 radical (unpaired) electrons. The summed E-state index contributed by atoms with van der Waals surface area (Å²) in [5.74, 6) is -0.202. The van der Waals surface area contributed by atoms with Gasteiger partial charge in [0, 0.05) is 5.56 Å². The summed E-state index contributed by atoms with van der Waals surface area (Å²) in [5, 5.41) is 8.85.